The Bertz CT molecular complexity index is 624. The second kappa shape index (κ2) is 8.16. The third kappa shape index (κ3) is 3.75. The summed E-state index contributed by atoms with van der Waals surface area (Å²) in [5.41, 5.74) is 0.650. The van der Waals surface area contributed by atoms with Gasteiger partial charge in [0.1, 0.15) is 0 Å². The molecule has 2 fully saturated rings. The van der Waals surface area contributed by atoms with Gasteiger partial charge in [0, 0.05) is 29.9 Å². The number of rotatable bonds is 6. The van der Waals surface area contributed by atoms with Crippen molar-refractivity contribution >= 4 is 11.6 Å². The van der Waals surface area contributed by atoms with Crippen LogP contribution < -0.4 is 19.5 Å². The van der Waals surface area contributed by atoms with Gasteiger partial charge in [0.15, 0.2) is 11.5 Å². The Kier molecular flexibility index (Phi) is 5.91. The van der Waals surface area contributed by atoms with Crippen molar-refractivity contribution in [1.82, 2.24) is 4.90 Å². The Balaban J connectivity index is 1.70. The Hall–Kier alpha value is -1.95. The number of amides is 1. The molecule has 2 aliphatic rings. The first-order valence-electron chi connectivity index (χ1n) is 9.43. The molecule has 1 aliphatic heterocycles. The minimum Gasteiger partial charge on any atom is -0.493 e. The first kappa shape index (κ1) is 18.8. The number of hydrogen-bond acceptors (Lipinski definition) is 5. The lowest BCUT2D eigenvalue weighted by molar-refractivity contribution is -0.118. The van der Waals surface area contributed by atoms with E-state index in [1.54, 1.807) is 33.5 Å². The van der Waals surface area contributed by atoms with Crippen molar-refractivity contribution in [3.8, 4) is 17.2 Å². The fourth-order valence-electron chi connectivity index (χ4n) is 4.59. The second-order valence-electron chi connectivity index (χ2n) is 7.33. The van der Waals surface area contributed by atoms with Crippen molar-refractivity contribution in [3.63, 3.8) is 0 Å². The molecule has 1 aromatic carbocycles. The maximum Gasteiger partial charge on any atom is 0.238 e. The highest BCUT2D eigenvalue weighted by atomic mass is 16.5. The van der Waals surface area contributed by atoms with Crippen LogP contribution in [0.1, 0.15) is 39.0 Å². The number of carbonyl (C=O) groups excluding carboxylic acids is 1. The molecule has 0 bridgehead atoms. The Labute approximate surface area is 155 Å². The molecule has 1 aromatic rings. The number of benzene rings is 1. The van der Waals surface area contributed by atoms with Crippen molar-refractivity contribution in [3.05, 3.63) is 12.1 Å². The quantitative estimate of drug-likeness (QED) is 0.841. The van der Waals surface area contributed by atoms with Gasteiger partial charge in [0.2, 0.25) is 11.7 Å². The number of anilines is 1. The van der Waals surface area contributed by atoms with Gasteiger partial charge < -0.3 is 19.5 Å². The Morgan fingerprint density at radius 3 is 2.38 bits per heavy atom. The maximum atomic E-state index is 12.7. The lowest BCUT2D eigenvalue weighted by atomic mass is 9.85. The van der Waals surface area contributed by atoms with Crippen LogP contribution in [0.5, 0.6) is 17.2 Å². The molecule has 3 atom stereocenters. The largest absolute Gasteiger partial charge is 0.493 e. The third-order valence-electron chi connectivity index (χ3n) is 5.78. The zero-order valence-corrected chi connectivity index (χ0v) is 16.2. The van der Waals surface area contributed by atoms with Crippen LogP contribution in [0.4, 0.5) is 5.69 Å². The predicted octanol–water partition coefficient (Wildman–Crippen LogP) is 3.30. The maximum absolute atomic E-state index is 12.7. The SMILES string of the molecule is COc1cc(NC(=O)CN2C(C)CC3CCCCC32)cc(OC)c1OC. The summed E-state index contributed by atoms with van der Waals surface area (Å²) in [6.45, 7) is 2.67. The molecule has 1 heterocycles. The predicted molar refractivity (Wildman–Crippen MR) is 101 cm³/mol. The fraction of sp³-hybridized carbons (Fsp3) is 0.650. The Morgan fingerprint density at radius 1 is 1.12 bits per heavy atom. The van der Waals surface area contributed by atoms with E-state index in [9.17, 15) is 4.79 Å². The number of likely N-dealkylation sites (tertiary alicyclic amines) is 1. The first-order chi connectivity index (χ1) is 12.6. The molecule has 144 valence electrons. The molecule has 1 saturated heterocycles. The van der Waals surface area contributed by atoms with Crippen molar-refractivity contribution in [1.29, 1.82) is 0 Å². The van der Waals surface area contributed by atoms with E-state index < -0.39 is 0 Å². The summed E-state index contributed by atoms with van der Waals surface area (Å²) in [7, 11) is 4.70. The number of nitrogens with one attached hydrogen (secondary N) is 1. The minimum atomic E-state index is -0.00246. The zero-order valence-electron chi connectivity index (χ0n) is 16.2. The number of methoxy groups -OCH3 is 3. The standard InChI is InChI=1S/C20H30N2O4/c1-13-9-14-7-5-6-8-16(14)22(13)12-19(23)21-15-10-17(24-2)20(26-4)18(11-15)25-3/h10-11,13-14,16H,5-9,12H2,1-4H3,(H,21,23). The number of fused-ring (bicyclic) bond motifs is 1. The highest BCUT2D eigenvalue weighted by Crippen LogP contribution is 2.41. The average molecular weight is 362 g/mol. The summed E-state index contributed by atoms with van der Waals surface area (Å²) < 4.78 is 16.0. The zero-order chi connectivity index (χ0) is 18.7. The van der Waals surface area contributed by atoms with Gasteiger partial charge in [-0.1, -0.05) is 12.8 Å². The van der Waals surface area contributed by atoms with E-state index in [4.69, 9.17) is 14.2 Å². The van der Waals surface area contributed by atoms with E-state index >= 15 is 0 Å². The van der Waals surface area contributed by atoms with E-state index in [0.717, 1.165) is 5.92 Å². The highest BCUT2D eigenvalue weighted by Gasteiger charge is 2.40. The van der Waals surface area contributed by atoms with Crippen LogP contribution in [0, 0.1) is 5.92 Å². The van der Waals surface area contributed by atoms with Gasteiger partial charge >= 0.3 is 0 Å². The molecule has 0 spiro atoms. The monoisotopic (exact) mass is 362 g/mol. The molecule has 26 heavy (non-hydrogen) atoms. The fourth-order valence-corrected chi connectivity index (χ4v) is 4.59. The average Bonchev–Trinajstić information content (AvgIpc) is 2.96. The van der Waals surface area contributed by atoms with E-state index in [1.165, 1.54) is 32.1 Å². The first-order valence-corrected chi connectivity index (χ1v) is 9.43. The molecule has 0 radical (unpaired) electrons. The number of carbonyl (C=O) groups is 1. The van der Waals surface area contributed by atoms with Crippen LogP contribution >= 0.6 is 0 Å². The molecule has 3 rings (SSSR count). The van der Waals surface area contributed by atoms with E-state index in [0.29, 0.717) is 41.6 Å². The van der Waals surface area contributed by atoms with Crippen LogP contribution in [0.15, 0.2) is 12.1 Å². The van der Waals surface area contributed by atoms with Gasteiger partial charge in [-0.05, 0) is 32.1 Å². The summed E-state index contributed by atoms with van der Waals surface area (Å²) in [5, 5.41) is 2.99. The molecule has 3 unspecified atom stereocenters. The molecule has 0 aromatic heterocycles. The van der Waals surface area contributed by atoms with Crippen molar-refractivity contribution in [2.75, 3.05) is 33.2 Å². The topological polar surface area (TPSA) is 60.0 Å². The Morgan fingerprint density at radius 2 is 1.77 bits per heavy atom. The lowest BCUT2D eigenvalue weighted by Crippen LogP contribution is -2.42. The van der Waals surface area contributed by atoms with Gasteiger partial charge in [-0.15, -0.1) is 0 Å². The molecule has 1 aliphatic carbocycles. The van der Waals surface area contributed by atoms with Crippen molar-refractivity contribution in [2.45, 2.75) is 51.1 Å². The number of ether oxygens (including phenoxy) is 3. The highest BCUT2D eigenvalue weighted by molar-refractivity contribution is 5.93. The van der Waals surface area contributed by atoms with Crippen LogP contribution in [0.25, 0.3) is 0 Å². The summed E-state index contributed by atoms with van der Waals surface area (Å²) in [6, 6.07) is 4.55. The third-order valence-corrected chi connectivity index (χ3v) is 5.78. The van der Waals surface area contributed by atoms with Crippen LogP contribution in [-0.2, 0) is 4.79 Å². The van der Waals surface area contributed by atoms with E-state index in [2.05, 4.69) is 17.1 Å². The second-order valence-corrected chi connectivity index (χ2v) is 7.33. The number of nitrogens with zero attached hydrogens (tertiary/aromatic N) is 1. The molecule has 6 nitrogen and oxygen atoms in total. The normalized spacial score (nSPS) is 25.5. The molecule has 6 heteroatoms. The molecular weight excluding hydrogens is 332 g/mol. The van der Waals surface area contributed by atoms with Gasteiger partial charge in [0.05, 0.1) is 27.9 Å². The summed E-state index contributed by atoms with van der Waals surface area (Å²) in [5.74, 6) is 2.34. The lowest BCUT2D eigenvalue weighted by Gasteiger charge is -2.32. The smallest absolute Gasteiger partial charge is 0.238 e. The van der Waals surface area contributed by atoms with Crippen LogP contribution in [0.3, 0.4) is 0 Å². The van der Waals surface area contributed by atoms with Crippen LogP contribution in [-0.4, -0.2) is 50.8 Å². The van der Waals surface area contributed by atoms with Crippen molar-refractivity contribution in [2.24, 2.45) is 5.92 Å². The van der Waals surface area contributed by atoms with Crippen LogP contribution in [0.2, 0.25) is 0 Å². The summed E-state index contributed by atoms with van der Waals surface area (Å²) in [6.07, 6.45) is 6.34. The van der Waals surface area contributed by atoms with Gasteiger partial charge in [-0.3, -0.25) is 9.69 Å². The molecule has 1 N–H and O–H groups in total. The molecule has 1 amide bonds. The van der Waals surface area contributed by atoms with E-state index in [1.807, 2.05) is 0 Å². The summed E-state index contributed by atoms with van der Waals surface area (Å²) >= 11 is 0. The van der Waals surface area contributed by atoms with Gasteiger partial charge in [0.25, 0.3) is 0 Å². The number of hydrogen-bond donors (Lipinski definition) is 1. The minimum absolute atomic E-state index is 0.00246. The molecule has 1 saturated carbocycles. The summed E-state index contributed by atoms with van der Waals surface area (Å²) in [4.78, 5) is 15.1. The molecular formula is C20H30N2O4. The van der Waals surface area contributed by atoms with Gasteiger partial charge in [-0.25, -0.2) is 0 Å². The van der Waals surface area contributed by atoms with E-state index in [-0.39, 0.29) is 5.91 Å². The van der Waals surface area contributed by atoms with Crippen molar-refractivity contribution < 1.29 is 19.0 Å². The van der Waals surface area contributed by atoms with Gasteiger partial charge in [-0.2, -0.15) is 0 Å².